The minimum absolute atomic E-state index is 0.233. The third-order valence-corrected chi connectivity index (χ3v) is 3.06. The molecule has 0 aliphatic carbocycles. The van der Waals surface area contributed by atoms with Gasteiger partial charge in [-0.3, -0.25) is 10.2 Å². The van der Waals surface area contributed by atoms with Crippen LogP contribution < -0.4 is 0 Å². The van der Waals surface area contributed by atoms with Crippen LogP contribution >= 0.6 is 0 Å². The summed E-state index contributed by atoms with van der Waals surface area (Å²) in [5, 5.41) is 18.3. The largest absolute Gasteiger partial charge is 0.477 e. The van der Waals surface area contributed by atoms with Crippen molar-refractivity contribution < 1.29 is 9.90 Å². The molecule has 1 aromatic carbocycles. The number of imidazole rings is 1. The number of carbonyl (C=O) groups is 1. The number of benzene rings is 1. The van der Waals surface area contributed by atoms with E-state index in [9.17, 15) is 4.79 Å². The normalized spacial score (nSPS) is 10.5. The van der Waals surface area contributed by atoms with Gasteiger partial charge < -0.3 is 5.11 Å². The molecule has 0 spiro atoms. The van der Waals surface area contributed by atoms with Crippen molar-refractivity contribution in [2.75, 3.05) is 0 Å². The summed E-state index contributed by atoms with van der Waals surface area (Å²) in [6.07, 6.45) is 3.46. The van der Waals surface area contributed by atoms with Crippen LogP contribution in [-0.2, 0) is 0 Å². The van der Waals surface area contributed by atoms with Gasteiger partial charge in [0.15, 0.2) is 5.65 Å². The van der Waals surface area contributed by atoms with Crippen molar-refractivity contribution in [1.82, 2.24) is 24.8 Å². The van der Waals surface area contributed by atoms with E-state index in [4.69, 9.17) is 5.11 Å². The van der Waals surface area contributed by atoms with Gasteiger partial charge in [0.2, 0.25) is 0 Å². The van der Waals surface area contributed by atoms with Gasteiger partial charge in [0, 0.05) is 18.1 Å². The molecule has 7 heteroatoms. The number of H-pyrrole nitrogens is 2. The molecule has 0 unspecified atom stereocenters. The number of carboxylic acid groups (broad SMARTS) is 1. The maximum atomic E-state index is 11.1. The third kappa shape index (κ3) is 2.25. The standard InChI is InChI=1S/C11H9N3O2.C3H4N2/c1-6-9(11(15)16)10-12-7-4-2-3-5-8(7)14(10)13-6;1-2-4-5-3-1/h2-5,13H,1H3,(H,15,16);1-3H,(H,4,5). The van der Waals surface area contributed by atoms with Crippen LogP contribution in [0.2, 0.25) is 0 Å². The third-order valence-electron chi connectivity index (χ3n) is 3.06. The second-order valence-corrected chi connectivity index (χ2v) is 4.44. The van der Waals surface area contributed by atoms with Crippen molar-refractivity contribution in [3.63, 3.8) is 0 Å². The highest BCUT2D eigenvalue weighted by Gasteiger charge is 2.18. The maximum Gasteiger partial charge on any atom is 0.341 e. The first kappa shape index (κ1) is 12.9. The summed E-state index contributed by atoms with van der Waals surface area (Å²) in [5.41, 5.74) is 2.98. The van der Waals surface area contributed by atoms with E-state index in [1.807, 2.05) is 30.3 Å². The van der Waals surface area contributed by atoms with E-state index in [1.54, 1.807) is 23.8 Å². The van der Waals surface area contributed by atoms with Gasteiger partial charge in [-0.25, -0.2) is 14.3 Å². The molecule has 0 saturated carbocycles. The number of carboxylic acids is 1. The SMILES string of the molecule is Cc1[nH]n2c(nc3ccccc32)c1C(=O)O.c1cn[nH]c1. The average Bonchev–Trinajstić information content (AvgIpc) is 3.15. The van der Waals surface area contributed by atoms with Crippen molar-refractivity contribution >= 4 is 22.6 Å². The number of para-hydroxylation sites is 2. The summed E-state index contributed by atoms with van der Waals surface area (Å²) in [5.74, 6) is -0.959. The predicted molar refractivity (Wildman–Crippen MR) is 77.3 cm³/mol. The lowest BCUT2D eigenvalue weighted by atomic mass is 10.2. The molecule has 0 atom stereocenters. The Morgan fingerprint density at radius 2 is 2.10 bits per heavy atom. The summed E-state index contributed by atoms with van der Waals surface area (Å²) >= 11 is 0. The molecule has 3 heterocycles. The van der Waals surface area contributed by atoms with Gasteiger partial charge in [-0.2, -0.15) is 5.10 Å². The fourth-order valence-corrected chi connectivity index (χ4v) is 2.17. The van der Waals surface area contributed by atoms with E-state index in [-0.39, 0.29) is 5.56 Å². The molecule has 0 amide bonds. The molecule has 0 radical (unpaired) electrons. The quantitative estimate of drug-likeness (QED) is 0.499. The Bertz CT molecular complexity index is 872. The van der Waals surface area contributed by atoms with Crippen molar-refractivity contribution in [2.45, 2.75) is 6.92 Å². The minimum Gasteiger partial charge on any atom is -0.477 e. The topological polar surface area (TPSA) is 99.1 Å². The maximum absolute atomic E-state index is 11.1. The van der Waals surface area contributed by atoms with Gasteiger partial charge in [-0.1, -0.05) is 12.1 Å². The highest BCUT2D eigenvalue weighted by molar-refractivity contribution is 5.98. The lowest BCUT2D eigenvalue weighted by molar-refractivity contribution is 0.0698. The van der Waals surface area contributed by atoms with Crippen molar-refractivity contribution in [3.05, 3.63) is 54.0 Å². The van der Waals surface area contributed by atoms with E-state index in [1.165, 1.54) is 0 Å². The Morgan fingerprint density at radius 1 is 1.29 bits per heavy atom. The first-order chi connectivity index (χ1) is 10.2. The van der Waals surface area contributed by atoms with Gasteiger partial charge in [0.25, 0.3) is 0 Å². The molecule has 0 aliphatic rings. The van der Waals surface area contributed by atoms with Crippen LogP contribution in [0.3, 0.4) is 0 Å². The number of aromatic nitrogens is 5. The Hall–Kier alpha value is -3.09. The van der Waals surface area contributed by atoms with Crippen LogP contribution in [0.5, 0.6) is 0 Å². The van der Waals surface area contributed by atoms with Gasteiger partial charge in [0.1, 0.15) is 5.56 Å². The number of nitrogens with zero attached hydrogens (tertiary/aromatic N) is 3. The zero-order chi connectivity index (χ0) is 14.8. The molecule has 0 bridgehead atoms. The Kier molecular flexibility index (Phi) is 3.15. The zero-order valence-corrected chi connectivity index (χ0v) is 11.2. The molecule has 0 saturated heterocycles. The summed E-state index contributed by atoms with van der Waals surface area (Å²) in [7, 11) is 0. The van der Waals surface area contributed by atoms with Crippen LogP contribution in [0.1, 0.15) is 16.1 Å². The van der Waals surface area contributed by atoms with Gasteiger partial charge in [-0.15, -0.1) is 0 Å². The highest BCUT2D eigenvalue weighted by atomic mass is 16.4. The van der Waals surface area contributed by atoms with Crippen molar-refractivity contribution in [2.24, 2.45) is 0 Å². The van der Waals surface area contributed by atoms with E-state index < -0.39 is 5.97 Å². The number of aromatic carboxylic acids is 1. The number of hydrogen-bond acceptors (Lipinski definition) is 3. The fraction of sp³-hybridized carbons (Fsp3) is 0.0714. The van der Waals surface area contributed by atoms with Gasteiger partial charge in [-0.05, 0) is 25.1 Å². The van der Waals surface area contributed by atoms with E-state index in [0.29, 0.717) is 11.3 Å². The van der Waals surface area contributed by atoms with Gasteiger partial charge in [0.05, 0.1) is 11.0 Å². The number of aryl methyl sites for hydroxylation is 1. The molecule has 3 N–H and O–H groups in total. The summed E-state index contributed by atoms with van der Waals surface area (Å²) in [4.78, 5) is 15.4. The second kappa shape index (κ2) is 5.12. The molecule has 3 aromatic heterocycles. The number of fused-ring (bicyclic) bond motifs is 3. The van der Waals surface area contributed by atoms with E-state index in [2.05, 4.69) is 20.3 Å². The molecular formula is C14H13N5O2. The number of nitrogens with one attached hydrogen (secondary N) is 2. The molecule has 4 aromatic rings. The van der Waals surface area contributed by atoms with Crippen LogP contribution in [0, 0.1) is 6.92 Å². The number of hydrogen-bond donors (Lipinski definition) is 3. The number of aromatic amines is 2. The van der Waals surface area contributed by atoms with Crippen molar-refractivity contribution in [1.29, 1.82) is 0 Å². The summed E-state index contributed by atoms with van der Waals surface area (Å²) in [6, 6.07) is 9.36. The fourth-order valence-electron chi connectivity index (χ4n) is 2.17. The molecule has 0 fully saturated rings. The molecule has 7 nitrogen and oxygen atoms in total. The second-order valence-electron chi connectivity index (χ2n) is 4.44. The van der Waals surface area contributed by atoms with E-state index >= 15 is 0 Å². The molecule has 106 valence electrons. The predicted octanol–water partition coefficient (Wildman–Crippen LogP) is 2.23. The molecule has 0 aliphatic heterocycles. The van der Waals surface area contributed by atoms with Crippen LogP contribution in [0.25, 0.3) is 16.7 Å². The van der Waals surface area contributed by atoms with Crippen LogP contribution in [-0.4, -0.2) is 35.9 Å². The van der Waals surface area contributed by atoms with Gasteiger partial charge >= 0.3 is 5.97 Å². The lowest BCUT2D eigenvalue weighted by Gasteiger charge is -1.89. The van der Waals surface area contributed by atoms with E-state index in [0.717, 1.165) is 11.0 Å². The molecular weight excluding hydrogens is 270 g/mol. The van der Waals surface area contributed by atoms with Crippen LogP contribution in [0.4, 0.5) is 0 Å². The monoisotopic (exact) mass is 283 g/mol. The Balaban J connectivity index is 0.000000225. The highest BCUT2D eigenvalue weighted by Crippen LogP contribution is 2.20. The summed E-state index contributed by atoms with van der Waals surface area (Å²) < 4.78 is 1.70. The zero-order valence-electron chi connectivity index (χ0n) is 11.2. The summed E-state index contributed by atoms with van der Waals surface area (Å²) in [6.45, 7) is 1.73. The first-order valence-electron chi connectivity index (χ1n) is 6.31. The molecule has 4 rings (SSSR count). The minimum atomic E-state index is -0.959. The first-order valence-corrected chi connectivity index (χ1v) is 6.31. The lowest BCUT2D eigenvalue weighted by Crippen LogP contribution is -1.97. The average molecular weight is 283 g/mol. The van der Waals surface area contributed by atoms with Crippen LogP contribution in [0.15, 0.2) is 42.7 Å². The smallest absolute Gasteiger partial charge is 0.341 e. The number of rotatable bonds is 1. The Morgan fingerprint density at radius 3 is 2.71 bits per heavy atom. The molecule has 21 heavy (non-hydrogen) atoms. The van der Waals surface area contributed by atoms with Crippen molar-refractivity contribution in [3.8, 4) is 0 Å². The Labute approximate surface area is 119 Å².